The van der Waals surface area contributed by atoms with Crippen molar-refractivity contribution >= 4 is 17.7 Å². The van der Waals surface area contributed by atoms with Crippen LogP contribution in [0.25, 0.3) is 5.53 Å². The van der Waals surface area contributed by atoms with Crippen LogP contribution in [0.4, 0.5) is 0 Å². The smallest absolute Gasteiger partial charge is 0.422 e. The largest absolute Gasteiger partial charge is 0.462 e. The summed E-state index contributed by atoms with van der Waals surface area (Å²) in [4.78, 5) is 26.0. The molecular formula is C12H16N2O4. The Balaban J connectivity index is 2.78. The Morgan fingerprint density at radius 3 is 2.78 bits per heavy atom. The first-order valence-electron chi connectivity index (χ1n) is 5.68. The summed E-state index contributed by atoms with van der Waals surface area (Å²) >= 11 is 0. The molecule has 0 aliphatic carbocycles. The predicted octanol–water partition coefficient (Wildman–Crippen LogP) is 1.12. The maximum absolute atomic E-state index is 11.7. The van der Waals surface area contributed by atoms with Crippen LogP contribution in [-0.4, -0.2) is 35.2 Å². The molecule has 1 saturated heterocycles. The van der Waals surface area contributed by atoms with Crippen molar-refractivity contribution in [2.24, 2.45) is 5.41 Å². The first-order chi connectivity index (χ1) is 8.42. The first kappa shape index (κ1) is 14.1. The minimum absolute atomic E-state index is 0.195. The van der Waals surface area contributed by atoms with E-state index in [2.05, 4.69) is 4.79 Å². The molecule has 0 radical (unpaired) electrons. The molecule has 1 fully saturated rings. The minimum atomic E-state index is -0.975. The molecule has 0 aromatic heterocycles. The normalized spacial score (nSPS) is 21.5. The summed E-state index contributed by atoms with van der Waals surface area (Å²) in [6.45, 7) is 5.58. The van der Waals surface area contributed by atoms with E-state index in [1.54, 1.807) is 19.9 Å². The summed E-state index contributed by atoms with van der Waals surface area (Å²) in [5.41, 5.74) is 7.89. The molecule has 0 spiro atoms. The van der Waals surface area contributed by atoms with Gasteiger partial charge in [-0.25, -0.2) is 9.59 Å². The maximum atomic E-state index is 11.7. The molecule has 6 nitrogen and oxygen atoms in total. The molecule has 0 saturated carbocycles. The Morgan fingerprint density at radius 2 is 2.33 bits per heavy atom. The Morgan fingerprint density at radius 1 is 1.67 bits per heavy atom. The van der Waals surface area contributed by atoms with E-state index in [4.69, 9.17) is 15.0 Å². The average Bonchev–Trinajstić information content (AvgIpc) is 2.57. The van der Waals surface area contributed by atoms with E-state index in [0.29, 0.717) is 6.42 Å². The number of ether oxygens (including phenoxy) is 2. The summed E-state index contributed by atoms with van der Waals surface area (Å²) in [7, 11) is 0. The monoisotopic (exact) mass is 252 g/mol. The first-order valence-corrected chi connectivity index (χ1v) is 5.68. The van der Waals surface area contributed by atoms with Crippen LogP contribution in [0.1, 0.15) is 27.2 Å². The van der Waals surface area contributed by atoms with Crippen molar-refractivity contribution in [2.75, 3.05) is 6.61 Å². The van der Waals surface area contributed by atoms with Crippen LogP contribution >= 0.6 is 0 Å². The number of nitrogens with zero attached hydrogens (tertiary/aromatic N) is 2. The topological polar surface area (TPSA) is 89.0 Å². The van der Waals surface area contributed by atoms with Gasteiger partial charge < -0.3 is 15.0 Å². The van der Waals surface area contributed by atoms with Gasteiger partial charge in [0, 0.05) is 11.5 Å². The Kier molecular flexibility index (Phi) is 4.39. The second kappa shape index (κ2) is 5.60. The average molecular weight is 252 g/mol. The third-order valence-corrected chi connectivity index (χ3v) is 2.56. The van der Waals surface area contributed by atoms with Crippen molar-refractivity contribution in [1.29, 1.82) is 0 Å². The van der Waals surface area contributed by atoms with Crippen molar-refractivity contribution in [2.45, 2.75) is 33.3 Å². The lowest BCUT2D eigenvalue weighted by molar-refractivity contribution is -0.160. The molecule has 6 heteroatoms. The van der Waals surface area contributed by atoms with Gasteiger partial charge in [0.1, 0.15) is 6.61 Å². The fraction of sp³-hybridized carbons (Fsp3) is 0.583. The zero-order valence-corrected chi connectivity index (χ0v) is 10.7. The number of rotatable bonds is 4. The standard InChI is InChI=1S/C12H16N2O4/c1-4-5-6-8(14-13)10(15)18-9-11(16)17-7-12(9,2)3/h5-6,9H,4,7H2,1-3H3/b6-5-/t9-/m0/s1. The van der Waals surface area contributed by atoms with Crippen LogP contribution in [0.15, 0.2) is 12.2 Å². The number of carbonyl (C=O) groups is 2. The van der Waals surface area contributed by atoms with Crippen molar-refractivity contribution in [1.82, 2.24) is 0 Å². The molecule has 1 atom stereocenters. The lowest BCUT2D eigenvalue weighted by Crippen LogP contribution is -2.36. The van der Waals surface area contributed by atoms with E-state index in [9.17, 15) is 9.59 Å². The summed E-state index contributed by atoms with van der Waals surface area (Å²) < 4.78 is 9.87. The van der Waals surface area contributed by atoms with E-state index in [-0.39, 0.29) is 12.3 Å². The molecule has 0 amide bonds. The van der Waals surface area contributed by atoms with Gasteiger partial charge in [-0.1, -0.05) is 26.8 Å². The van der Waals surface area contributed by atoms with Crippen LogP contribution in [0.2, 0.25) is 0 Å². The molecule has 0 unspecified atom stereocenters. The second-order valence-corrected chi connectivity index (χ2v) is 4.68. The van der Waals surface area contributed by atoms with Gasteiger partial charge in [0.05, 0.1) is 0 Å². The van der Waals surface area contributed by atoms with Gasteiger partial charge in [-0.3, -0.25) is 0 Å². The zero-order valence-electron chi connectivity index (χ0n) is 10.7. The van der Waals surface area contributed by atoms with Gasteiger partial charge in [0.25, 0.3) is 0 Å². The van der Waals surface area contributed by atoms with Crippen LogP contribution in [0.3, 0.4) is 0 Å². The van der Waals surface area contributed by atoms with E-state index >= 15 is 0 Å². The molecule has 0 aromatic rings. The number of carbonyl (C=O) groups excluding carboxylic acids is 2. The predicted molar refractivity (Wildman–Crippen MR) is 62.7 cm³/mol. The molecule has 18 heavy (non-hydrogen) atoms. The van der Waals surface area contributed by atoms with Crippen molar-refractivity contribution < 1.29 is 23.9 Å². The summed E-state index contributed by atoms with van der Waals surface area (Å²) in [5.74, 6) is -1.43. The maximum Gasteiger partial charge on any atom is 0.422 e. The van der Waals surface area contributed by atoms with Gasteiger partial charge in [-0.2, -0.15) is 4.79 Å². The van der Waals surface area contributed by atoms with Crippen LogP contribution < -0.4 is 0 Å². The van der Waals surface area contributed by atoms with Crippen LogP contribution in [0, 0.1) is 5.41 Å². The lowest BCUT2D eigenvalue weighted by Gasteiger charge is -2.20. The number of cyclic esters (lactones) is 1. The molecule has 0 aromatic carbocycles. The molecule has 98 valence electrons. The lowest BCUT2D eigenvalue weighted by atomic mass is 9.90. The molecule has 1 heterocycles. The third-order valence-electron chi connectivity index (χ3n) is 2.56. The van der Waals surface area contributed by atoms with Crippen molar-refractivity contribution in [3.05, 3.63) is 17.7 Å². The van der Waals surface area contributed by atoms with Gasteiger partial charge in [0.15, 0.2) is 0 Å². The Hall–Kier alpha value is -1.94. The van der Waals surface area contributed by atoms with Crippen molar-refractivity contribution in [3.8, 4) is 0 Å². The Bertz CT molecular complexity index is 433. The van der Waals surface area contributed by atoms with Gasteiger partial charge in [-0.05, 0) is 6.42 Å². The van der Waals surface area contributed by atoms with E-state index < -0.39 is 23.5 Å². The molecule has 0 N–H and O–H groups in total. The quantitative estimate of drug-likeness (QED) is 0.324. The second-order valence-electron chi connectivity index (χ2n) is 4.68. The summed E-state index contributed by atoms with van der Waals surface area (Å²) in [6.07, 6.45) is 2.70. The highest BCUT2D eigenvalue weighted by molar-refractivity contribution is 6.38. The van der Waals surface area contributed by atoms with Crippen molar-refractivity contribution in [3.63, 3.8) is 0 Å². The molecular weight excluding hydrogens is 236 g/mol. The highest BCUT2D eigenvalue weighted by atomic mass is 16.6. The molecule has 1 aliphatic rings. The number of hydrogen-bond acceptors (Lipinski definition) is 4. The van der Waals surface area contributed by atoms with Gasteiger partial charge in [-0.15, -0.1) is 0 Å². The molecule has 1 aliphatic heterocycles. The highest BCUT2D eigenvalue weighted by Gasteiger charge is 2.47. The number of hydrogen-bond donors (Lipinski definition) is 0. The summed E-state index contributed by atoms with van der Waals surface area (Å²) in [5, 5.41) is 0. The van der Waals surface area contributed by atoms with E-state index in [1.807, 2.05) is 6.92 Å². The number of esters is 2. The van der Waals surface area contributed by atoms with E-state index in [0.717, 1.165) is 0 Å². The Labute approximate surface area is 105 Å². The molecule has 1 rings (SSSR count). The van der Waals surface area contributed by atoms with Crippen LogP contribution in [-0.2, 0) is 19.1 Å². The van der Waals surface area contributed by atoms with Gasteiger partial charge >= 0.3 is 17.7 Å². The van der Waals surface area contributed by atoms with Crippen LogP contribution in [0.5, 0.6) is 0 Å². The number of allylic oxidation sites excluding steroid dienone is 1. The van der Waals surface area contributed by atoms with Gasteiger partial charge in [0.2, 0.25) is 6.10 Å². The summed E-state index contributed by atoms with van der Waals surface area (Å²) in [6, 6.07) is 0. The van der Waals surface area contributed by atoms with E-state index in [1.165, 1.54) is 6.08 Å². The minimum Gasteiger partial charge on any atom is -0.462 e. The molecule has 0 bridgehead atoms. The third kappa shape index (κ3) is 3.05. The fourth-order valence-electron chi connectivity index (χ4n) is 1.47. The zero-order chi connectivity index (χ0) is 13.8. The SMILES string of the molecule is CC/C=C\C(=[N+]=[N-])C(=O)O[C@H]1C(=O)OCC1(C)C. The fourth-order valence-corrected chi connectivity index (χ4v) is 1.47. The highest BCUT2D eigenvalue weighted by Crippen LogP contribution is 2.30.